The number of furan rings is 1. The van der Waals surface area contributed by atoms with Crippen molar-refractivity contribution in [1.29, 1.82) is 0 Å². The van der Waals surface area contributed by atoms with E-state index in [2.05, 4.69) is 10.6 Å². The van der Waals surface area contributed by atoms with Gasteiger partial charge in [0.05, 0.1) is 12.8 Å². The van der Waals surface area contributed by atoms with Crippen LogP contribution in [0, 0.1) is 0 Å². The zero-order chi connectivity index (χ0) is 10.5. The molecule has 0 atom stereocenters. The molecule has 0 aromatic carbocycles. The fourth-order valence-electron chi connectivity index (χ4n) is 1.79. The van der Waals surface area contributed by atoms with Crippen molar-refractivity contribution < 1.29 is 9.21 Å². The summed E-state index contributed by atoms with van der Waals surface area (Å²) in [6.07, 6.45) is 3.70. The molecule has 1 saturated heterocycles. The number of carbonyl (C=O) groups excluding carboxylic acids is 1. The first kappa shape index (κ1) is 10.4. The van der Waals surface area contributed by atoms with E-state index in [-0.39, 0.29) is 5.78 Å². The summed E-state index contributed by atoms with van der Waals surface area (Å²) in [5.74, 6) is 0.468. The molecule has 1 aliphatic rings. The molecule has 2 rings (SSSR count). The first-order valence-corrected chi connectivity index (χ1v) is 5.37. The van der Waals surface area contributed by atoms with Crippen molar-refractivity contribution in [2.45, 2.75) is 18.9 Å². The van der Waals surface area contributed by atoms with Crippen LogP contribution in [-0.4, -0.2) is 31.5 Å². The summed E-state index contributed by atoms with van der Waals surface area (Å²) in [4.78, 5) is 11.6. The van der Waals surface area contributed by atoms with Gasteiger partial charge in [-0.3, -0.25) is 4.79 Å². The van der Waals surface area contributed by atoms with Crippen molar-refractivity contribution in [2.24, 2.45) is 0 Å². The molecule has 2 heterocycles. The number of carbonyl (C=O) groups is 1. The number of rotatable bonds is 4. The number of ketones is 1. The van der Waals surface area contributed by atoms with Crippen LogP contribution >= 0.6 is 0 Å². The van der Waals surface area contributed by atoms with E-state index >= 15 is 0 Å². The molecule has 0 unspecified atom stereocenters. The number of nitrogens with one attached hydrogen (secondary N) is 2. The molecular formula is C11H16N2O2. The van der Waals surface area contributed by atoms with Crippen molar-refractivity contribution in [1.82, 2.24) is 10.6 Å². The average Bonchev–Trinajstić information content (AvgIpc) is 2.81. The van der Waals surface area contributed by atoms with Gasteiger partial charge >= 0.3 is 0 Å². The van der Waals surface area contributed by atoms with Crippen LogP contribution in [0.3, 0.4) is 0 Å². The van der Waals surface area contributed by atoms with Gasteiger partial charge in [0.15, 0.2) is 5.76 Å². The summed E-state index contributed by atoms with van der Waals surface area (Å²) in [6.45, 7) is 2.44. The van der Waals surface area contributed by atoms with Crippen LogP contribution in [-0.2, 0) is 0 Å². The molecule has 0 aliphatic carbocycles. The maximum Gasteiger partial charge on any atom is 0.211 e. The van der Waals surface area contributed by atoms with Crippen LogP contribution < -0.4 is 10.6 Å². The molecule has 82 valence electrons. The Morgan fingerprint density at radius 1 is 1.53 bits per heavy atom. The number of hydrogen-bond acceptors (Lipinski definition) is 4. The smallest absolute Gasteiger partial charge is 0.211 e. The van der Waals surface area contributed by atoms with Crippen LogP contribution in [0.15, 0.2) is 22.8 Å². The van der Waals surface area contributed by atoms with Crippen molar-refractivity contribution in [3.8, 4) is 0 Å². The largest absolute Gasteiger partial charge is 0.461 e. The number of piperidine rings is 1. The quantitative estimate of drug-likeness (QED) is 0.719. The predicted octanol–water partition coefficient (Wildman–Crippen LogP) is 0.804. The van der Waals surface area contributed by atoms with Crippen LogP contribution in [0.1, 0.15) is 23.4 Å². The first-order chi connectivity index (χ1) is 7.36. The van der Waals surface area contributed by atoms with Gasteiger partial charge in [0.25, 0.3) is 0 Å². The van der Waals surface area contributed by atoms with Crippen molar-refractivity contribution in [3.05, 3.63) is 24.2 Å². The molecular weight excluding hydrogens is 192 g/mol. The minimum Gasteiger partial charge on any atom is -0.461 e. The second kappa shape index (κ2) is 5.09. The maximum absolute atomic E-state index is 11.6. The fourth-order valence-corrected chi connectivity index (χ4v) is 1.79. The van der Waals surface area contributed by atoms with Gasteiger partial charge in [-0.2, -0.15) is 0 Å². The van der Waals surface area contributed by atoms with Crippen LogP contribution in [0.4, 0.5) is 0 Å². The summed E-state index contributed by atoms with van der Waals surface area (Å²) in [5.41, 5.74) is 0. The van der Waals surface area contributed by atoms with Gasteiger partial charge < -0.3 is 15.1 Å². The summed E-state index contributed by atoms with van der Waals surface area (Å²) >= 11 is 0. The number of Topliss-reactive ketones (excluding diaryl/α,β-unsaturated/α-hetero) is 1. The first-order valence-electron chi connectivity index (χ1n) is 5.37. The second-order valence-electron chi connectivity index (χ2n) is 3.81. The summed E-state index contributed by atoms with van der Waals surface area (Å²) in [6, 6.07) is 3.90. The Hall–Kier alpha value is -1.13. The summed E-state index contributed by atoms with van der Waals surface area (Å²) < 4.78 is 5.03. The predicted molar refractivity (Wildman–Crippen MR) is 56.9 cm³/mol. The van der Waals surface area contributed by atoms with Crippen LogP contribution in [0.25, 0.3) is 0 Å². The molecule has 0 spiro atoms. The van der Waals surface area contributed by atoms with E-state index in [1.807, 2.05) is 0 Å². The van der Waals surface area contributed by atoms with Gasteiger partial charge in [0.1, 0.15) is 0 Å². The molecule has 1 aromatic heterocycles. The Morgan fingerprint density at radius 3 is 3.00 bits per heavy atom. The Kier molecular flexibility index (Phi) is 3.53. The Labute approximate surface area is 89.0 Å². The van der Waals surface area contributed by atoms with Gasteiger partial charge in [-0.05, 0) is 38.1 Å². The molecule has 1 aliphatic heterocycles. The van der Waals surface area contributed by atoms with Gasteiger partial charge in [-0.15, -0.1) is 0 Å². The third-order valence-corrected chi connectivity index (χ3v) is 2.69. The molecule has 1 fully saturated rings. The molecule has 0 radical (unpaired) electrons. The zero-order valence-corrected chi connectivity index (χ0v) is 8.66. The highest BCUT2D eigenvalue weighted by atomic mass is 16.3. The van der Waals surface area contributed by atoms with Crippen molar-refractivity contribution in [2.75, 3.05) is 19.6 Å². The van der Waals surface area contributed by atoms with Gasteiger partial charge in [0.2, 0.25) is 5.78 Å². The van der Waals surface area contributed by atoms with Crippen molar-refractivity contribution in [3.63, 3.8) is 0 Å². The van der Waals surface area contributed by atoms with Gasteiger partial charge in [-0.1, -0.05) is 0 Å². The summed E-state index contributed by atoms with van der Waals surface area (Å²) in [7, 11) is 0. The lowest BCUT2D eigenvalue weighted by atomic mass is 10.1. The zero-order valence-electron chi connectivity index (χ0n) is 8.66. The SMILES string of the molecule is O=C(CNC1CCNCC1)c1ccco1. The van der Waals surface area contributed by atoms with E-state index in [1.165, 1.54) is 6.26 Å². The van der Waals surface area contributed by atoms with Gasteiger partial charge in [-0.25, -0.2) is 0 Å². The van der Waals surface area contributed by atoms with E-state index in [0.29, 0.717) is 18.3 Å². The van der Waals surface area contributed by atoms with E-state index in [9.17, 15) is 4.79 Å². The second-order valence-corrected chi connectivity index (χ2v) is 3.81. The van der Waals surface area contributed by atoms with E-state index < -0.39 is 0 Å². The van der Waals surface area contributed by atoms with E-state index in [0.717, 1.165) is 25.9 Å². The molecule has 1 aromatic rings. The Balaban J connectivity index is 1.75. The molecule has 0 amide bonds. The summed E-state index contributed by atoms with van der Waals surface area (Å²) in [5, 5.41) is 6.55. The third-order valence-electron chi connectivity index (χ3n) is 2.69. The molecule has 15 heavy (non-hydrogen) atoms. The average molecular weight is 208 g/mol. The monoisotopic (exact) mass is 208 g/mol. The lowest BCUT2D eigenvalue weighted by Crippen LogP contribution is -2.41. The minimum atomic E-state index is 0.0264. The molecule has 4 heteroatoms. The third kappa shape index (κ3) is 2.91. The standard InChI is InChI=1S/C11H16N2O2/c14-10(11-2-1-7-15-11)8-13-9-3-5-12-6-4-9/h1-2,7,9,12-13H,3-6,8H2. The van der Waals surface area contributed by atoms with Crippen molar-refractivity contribution >= 4 is 5.78 Å². The minimum absolute atomic E-state index is 0.0264. The Bertz CT molecular complexity index is 302. The fraction of sp³-hybridized carbons (Fsp3) is 0.545. The molecule has 4 nitrogen and oxygen atoms in total. The topological polar surface area (TPSA) is 54.3 Å². The highest BCUT2D eigenvalue weighted by Gasteiger charge is 2.15. The van der Waals surface area contributed by atoms with Crippen LogP contribution in [0.5, 0.6) is 0 Å². The van der Waals surface area contributed by atoms with E-state index in [1.54, 1.807) is 12.1 Å². The Morgan fingerprint density at radius 2 is 2.33 bits per heavy atom. The van der Waals surface area contributed by atoms with Gasteiger partial charge in [0, 0.05) is 6.04 Å². The highest BCUT2D eigenvalue weighted by molar-refractivity contribution is 5.94. The lowest BCUT2D eigenvalue weighted by molar-refractivity contribution is 0.0958. The molecule has 0 saturated carbocycles. The highest BCUT2D eigenvalue weighted by Crippen LogP contribution is 2.04. The maximum atomic E-state index is 11.6. The van der Waals surface area contributed by atoms with Crippen LogP contribution in [0.2, 0.25) is 0 Å². The normalized spacial score (nSPS) is 17.9. The number of hydrogen-bond donors (Lipinski definition) is 2. The lowest BCUT2D eigenvalue weighted by Gasteiger charge is -2.23. The van der Waals surface area contributed by atoms with E-state index in [4.69, 9.17) is 4.42 Å². The molecule has 0 bridgehead atoms. The molecule has 2 N–H and O–H groups in total.